The van der Waals surface area contributed by atoms with E-state index in [0.29, 0.717) is 26.1 Å². The van der Waals surface area contributed by atoms with Crippen molar-refractivity contribution in [2.75, 3.05) is 19.6 Å². The lowest BCUT2D eigenvalue weighted by molar-refractivity contribution is -0.143. The van der Waals surface area contributed by atoms with Gasteiger partial charge < -0.3 is 19.9 Å². The van der Waals surface area contributed by atoms with Crippen LogP contribution in [0.25, 0.3) is 0 Å². The van der Waals surface area contributed by atoms with Gasteiger partial charge in [-0.2, -0.15) is 0 Å². The van der Waals surface area contributed by atoms with E-state index in [1.54, 1.807) is 25.7 Å². The third-order valence-corrected chi connectivity index (χ3v) is 7.18. The van der Waals surface area contributed by atoms with Crippen LogP contribution in [0.3, 0.4) is 0 Å². The molecule has 42 heavy (non-hydrogen) atoms. The van der Waals surface area contributed by atoms with Crippen molar-refractivity contribution in [1.29, 1.82) is 0 Å². The number of carboxylic acids is 1. The molecule has 2 rings (SSSR count). The van der Waals surface area contributed by atoms with Gasteiger partial charge in [-0.1, -0.05) is 64.7 Å². The summed E-state index contributed by atoms with van der Waals surface area (Å²) in [6.07, 6.45) is 13.2. The van der Waals surface area contributed by atoms with Crippen molar-refractivity contribution in [3.05, 3.63) is 0 Å². The second-order valence-corrected chi connectivity index (χ2v) is 13.5. The summed E-state index contributed by atoms with van der Waals surface area (Å²) < 4.78 is 10.7. The largest absolute Gasteiger partial charge is 0.480 e. The quantitative estimate of drug-likeness (QED) is 0.277. The van der Waals surface area contributed by atoms with Crippen LogP contribution in [0.15, 0.2) is 0 Å². The molecular formula is C32H59N3O7. The monoisotopic (exact) mass is 597 g/mol. The van der Waals surface area contributed by atoms with E-state index in [1.807, 2.05) is 20.8 Å². The van der Waals surface area contributed by atoms with Gasteiger partial charge in [-0.3, -0.25) is 14.6 Å². The van der Waals surface area contributed by atoms with E-state index in [0.717, 1.165) is 57.8 Å². The van der Waals surface area contributed by atoms with Gasteiger partial charge in [0.05, 0.1) is 0 Å². The van der Waals surface area contributed by atoms with Crippen molar-refractivity contribution in [2.24, 2.45) is 0 Å². The van der Waals surface area contributed by atoms with Crippen molar-refractivity contribution in [1.82, 2.24) is 15.1 Å². The number of carbonyl (C=O) groups excluding carboxylic acids is 3. The van der Waals surface area contributed by atoms with Gasteiger partial charge in [0, 0.05) is 19.6 Å². The third-order valence-electron chi connectivity index (χ3n) is 7.18. The molecule has 0 bridgehead atoms. The highest BCUT2D eigenvalue weighted by Gasteiger charge is 2.34. The van der Waals surface area contributed by atoms with Crippen molar-refractivity contribution >= 4 is 24.1 Å². The van der Waals surface area contributed by atoms with Gasteiger partial charge in [0.25, 0.3) is 0 Å². The average Bonchev–Trinajstić information content (AvgIpc) is 3.28. The highest BCUT2D eigenvalue weighted by molar-refractivity contribution is 5.85. The molecule has 0 aromatic carbocycles. The summed E-state index contributed by atoms with van der Waals surface area (Å²) in [5.41, 5.74) is -1.13. The Morgan fingerprint density at radius 3 is 1.62 bits per heavy atom. The van der Waals surface area contributed by atoms with Crippen LogP contribution < -0.4 is 5.32 Å². The minimum absolute atomic E-state index is 0.0266. The van der Waals surface area contributed by atoms with Gasteiger partial charge in [-0.05, 0) is 73.6 Å². The maximum atomic E-state index is 12.6. The lowest BCUT2D eigenvalue weighted by atomic mass is 10.1. The maximum Gasteiger partial charge on any atom is 0.411 e. The number of ether oxygens (including phenoxy) is 2. The predicted octanol–water partition coefficient (Wildman–Crippen LogP) is 6.89. The van der Waals surface area contributed by atoms with Crippen LogP contribution in [0.5, 0.6) is 0 Å². The van der Waals surface area contributed by atoms with Crippen LogP contribution in [0.1, 0.15) is 138 Å². The highest BCUT2D eigenvalue weighted by Crippen LogP contribution is 2.21. The fraction of sp³-hybridized carbons (Fsp3) is 0.875. The summed E-state index contributed by atoms with van der Waals surface area (Å²) in [5, 5.41) is 12.2. The summed E-state index contributed by atoms with van der Waals surface area (Å²) in [4.78, 5) is 51.1. The molecule has 3 amide bonds. The lowest BCUT2D eigenvalue weighted by Crippen LogP contribution is -2.50. The summed E-state index contributed by atoms with van der Waals surface area (Å²) >= 11 is 0. The molecular weight excluding hydrogens is 538 g/mol. The van der Waals surface area contributed by atoms with E-state index in [-0.39, 0.29) is 12.0 Å². The first-order valence-electron chi connectivity index (χ1n) is 16.2. The molecule has 0 spiro atoms. The number of unbranched alkanes of at least 4 members (excludes halogenated alkanes) is 5. The molecule has 2 fully saturated rings. The first-order chi connectivity index (χ1) is 19.7. The summed E-state index contributed by atoms with van der Waals surface area (Å²) in [6, 6.07) is -1.13. The third kappa shape index (κ3) is 15.6. The Bertz CT molecular complexity index is 835. The van der Waals surface area contributed by atoms with Crippen LogP contribution in [0.2, 0.25) is 0 Å². The molecule has 0 aromatic heterocycles. The molecule has 2 atom stereocenters. The Hall–Kier alpha value is -2.52. The molecule has 0 radical (unpaired) electrons. The Balaban J connectivity index is 0.000000452. The molecule has 2 N–H and O–H groups in total. The second kappa shape index (κ2) is 18.9. The zero-order chi connectivity index (χ0) is 31.8. The Morgan fingerprint density at radius 2 is 1.14 bits per heavy atom. The number of nitrogens with one attached hydrogen (secondary N) is 1. The van der Waals surface area contributed by atoms with Gasteiger partial charge in [0.15, 0.2) is 0 Å². The first-order valence-corrected chi connectivity index (χ1v) is 16.2. The van der Waals surface area contributed by atoms with Gasteiger partial charge in [-0.25, -0.2) is 14.4 Å². The van der Waals surface area contributed by atoms with Crippen molar-refractivity contribution in [2.45, 2.75) is 162 Å². The topological polar surface area (TPSA) is 125 Å². The Morgan fingerprint density at radius 1 is 0.690 bits per heavy atom. The Labute approximate surface area is 254 Å². The summed E-state index contributed by atoms with van der Waals surface area (Å²) in [5.74, 6) is -0.973. The molecule has 0 aromatic rings. The molecule has 2 aliphatic rings. The predicted molar refractivity (Wildman–Crippen MR) is 164 cm³/mol. The normalized spacial score (nSPS) is 19.9. The fourth-order valence-electron chi connectivity index (χ4n) is 5.06. The zero-order valence-electron chi connectivity index (χ0n) is 27.5. The fourth-order valence-corrected chi connectivity index (χ4v) is 5.06. The average molecular weight is 598 g/mol. The van der Waals surface area contributed by atoms with E-state index in [1.165, 1.54) is 30.6 Å². The molecule has 2 heterocycles. The standard InChI is InChI=1S/C20H38N2O3.C12H21NO4/c1-5-6-7-8-9-12-15-21-18(23)17-14-11-10-13-16-22(17)19(24)25-20(2,3)4;1-12(2,3)17-11(16)13-8-6-4-5-7-9(13)10(14)15/h17H,5-16H2,1-4H3,(H,21,23);9H,4-8H2,1-3H3,(H,14,15)/t17-;9-/m00/s1. The van der Waals surface area contributed by atoms with Crippen LogP contribution in [-0.2, 0) is 19.1 Å². The van der Waals surface area contributed by atoms with E-state index in [9.17, 15) is 19.2 Å². The molecule has 0 unspecified atom stereocenters. The lowest BCUT2D eigenvalue weighted by Gasteiger charge is -2.31. The highest BCUT2D eigenvalue weighted by atomic mass is 16.6. The molecule has 0 aliphatic carbocycles. The number of hydrogen-bond donors (Lipinski definition) is 2. The number of carbonyl (C=O) groups is 4. The molecule has 10 nitrogen and oxygen atoms in total. The molecule has 0 saturated carbocycles. The Kier molecular flexibility index (Phi) is 16.9. The SMILES string of the molecule is CC(C)(C)OC(=O)N1CCCCC[C@H]1C(=O)O.CCCCCCCCNC(=O)[C@@H]1CCCCCN1C(=O)OC(C)(C)C. The molecule has 2 aliphatic heterocycles. The summed E-state index contributed by atoms with van der Waals surface area (Å²) in [7, 11) is 0. The number of aliphatic carboxylic acids is 1. The van der Waals surface area contributed by atoms with Gasteiger partial charge in [-0.15, -0.1) is 0 Å². The smallest absolute Gasteiger partial charge is 0.411 e. The molecule has 10 heteroatoms. The van der Waals surface area contributed by atoms with Crippen LogP contribution >= 0.6 is 0 Å². The molecule has 244 valence electrons. The van der Waals surface area contributed by atoms with Crippen molar-refractivity contribution in [3.8, 4) is 0 Å². The van der Waals surface area contributed by atoms with E-state index >= 15 is 0 Å². The number of carboxylic acid groups (broad SMARTS) is 1. The van der Waals surface area contributed by atoms with Gasteiger partial charge >= 0.3 is 18.2 Å². The minimum Gasteiger partial charge on any atom is -0.480 e. The van der Waals surface area contributed by atoms with Crippen LogP contribution in [0, 0.1) is 0 Å². The number of hydrogen-bond acceptors (Lipinski definition) is 6. The zero-order valence-corrected chi connectivity index (χ0v) is 27.5. The van der Waals surface area contributed by atoms with E-state index in [4.69, 9.17) is 14.6 Å². The summed E-state index contributed by atoms with van der Waals surface area (Å²) in [6.45, 7) is 14.9. The van der Waals surface area contributed by atoms with Crippen molar-refractivity contribution in [3.63, 3.8) is 0 Å². The van der Waals surface area contributed by atoms with E-state index < -0.39 is 35.3 Å². The number of likely N-dealkylation sites (tertiary alicyclic amines) is 2. The second-order valence-electron chi connectivity index (χ2n) is 13.5. The number of rotatable bonds is 9. The first kappa shape index (κ1) is 37.5. The maximum absolute atomic E-state index is 12.6. The van der Waals surface area contributed by atoms with E-state index in [2.05, 4.69) is 12.2 Å². The van der Waals surface area contributed by atoms with Crippen LogP contribution in [-0.4, -0.2) is 81.9 Å². The van der Waals surface area contributed by atoms with Gasteiger partial charge in [0.2, 0.25) is 5.91 Å². The molecule has 2 saturated heterocycles. The van der Waals surface area contributed by atoms with Crippen LogP contribution in [0.4, 0.5) is 9.59 Å². The van der Waals surface area contributed by atoms with Crippen molar-refractivity contribution < 1.29 is 33.8 Å². The number of nitrogens with zero attached hydrogens (tertiary/aromatic N) is 2. The number of amides is 3. The van der Waals surface area contributed by atoms with Gasteiger partial charge in [0.1, 0.15) is 23.3 Å². The minimum atomic E-state index is -0.947.